The van der Waals surface area contributed by atoms with Crippen LogP contribution in [0.2, 0.25) is 0 Å². The second-order valence-electron chi connectivity index (χ2n) is 2.46. The lowest BCUT2D eigenvalue weighted by atomic mass is 10.3. The molecule has 0 aliphatic carbocycles. The standard InChI is InChI=1S/C7H9N5/c8-4-5-6(9)11-12-3-1-2-10-7(5)12/h1-3H,4,8H2,(H2,9,11). The third-order valence-corrected chi connectivity index (χ3v) is 1.73. The molecular weight excluding hydrogens is 154 g/mol. The van der Waals surface area contributed by atoms with Crippen LogP contribution in [0, 0.1) is 0 Å². The normalized spacial score (nSPS) is 10.8. The van der Waals surface area contributed by atoms with E-state index in [0.29, 0.717) is 12.4 Å². The Balaban J connectivity index is 2.81. The minimum absolute atomic E-state index is 0.367. The van der Waals surface area contributed by atoms with Crippen molar-refractivity contribution >= 4 is 11.5 Å². The number of nitrogens with two attached hydrogens (primary N) is 2. The summed E-state index contributed by atoms with van der Waals surface area (Å²) in [6.07, 6.45) is 3.48. The lowest BCUT2D eigenvalue weighted by molar-refractivity contribution is 0.944. The predicted molar refractivity (Wildman–Crippen MR) is 45.3 cm³/mol. The van der Waals surface area contributed by atoms with E-state index in [9.17, 15) is 0 Å². The zero-order valence-corrected chi connectivity index (χ0v) is 6.44. The maximum atomic E-state index is 5.61. The molecule has 0 aliphatic heterocycles. The van der Waals surface area contributed by atoms with Gasteiger partial charge in [0.15, 0.2) is 11.5 Å². The summed E-state index contributed by atoms with van der Waals surface area (Å²) < 4.78 is 1.62. The molecule has 12 heavy (non-hydrogen) atoms. The minimum atomic E-state index is 0.367. The Morgan fingerprint density at radius 3 is 3.08 bits per heavy atom. The van der Waals surface area contributed by atoms with Crippen LogP contribution in [-0.4, -0.2) is 14.6 Å². The van der Waals surface area contributed by atoms with Gasteiger partial charge in [-0.3, -0.25) is 0 Å². The summed E-state index contributed by atoms with van der Waals surface area (Å²) in [5.41, 5.74) is 12.6. The fourth-order valence-corrected chi connectivity index (χ4v) is 1.15. The lowest BCUT2D eigenvalue weighted by Crippen LogP contribution is -1.99. The summed E-state index contributed by atoms with van der Waals surface area (Å²) in [5.74, 6) is 0.455. The van der Waals surface area contributed by atoms with Crippen molar-refractivity contribution in [1.82, 2.24) is 14.6 Å². The van der Waals surface area contributed by atoms with Crippen molar-refractivity contribution in [3.8, 4) is 0 Å². The molecule has 0 amide bonds. The van der Waals surface area contributed by atoms with Crippen molar-refractivity contribution in [3.63, 3.8) is 0 Å². The first-order valence-corrected chi connectivity index (χ1v) is 3.60. The van der Waals surface area contributed by atoms with Gasteiger partial charge in [-0.15, -0.1) is 5.10 Å². The predicted octanol–water partition coefficient (Wildman–Crippen LogP) is -0.230. The van der Waals surface area contributed by atoms with Crippen LogP contribution in [0.1, 0.15) is 5.56 Å². The molecule has 62 valence electrons. The summed E-state index contributed by atoms with van der Waals surface area (Å²) in [6.45, 7) is 0.367. The quantitative estimate of drug-likeness (QED) is 0.608. The number of hydrogen-bond donors (Lipinski definition) is 2. The molecule has 0 saturated heterocycles. The van der Waals surface area contributed by atoms with Gasteiger partial charge in [0.1, 0.15) is 0 Å². The third kappa shape index (κ3) is 0.835. The summed E-state index contributed by atoms with van der Waals surface area (Å²) >= 11 is 0. The number of anilines is 1. The van der Waals surface area contributed by atoms with Crippen LogP contribution in [-0.2, 0) is 6.54 Å². The molecule has 0 fully saturated rings. The smallest absolute Gasteiger partial charge is 0.161 e. The van der Waals surface area contributed by atoms with Gasteiger partial charge in [0.25, 0.3) is 0 Å². The second-order valence-corrected chi connectivity index (χ2v) is 2.46. The van der Waals surface area contributed by atoms with Gasteiger partial charge in [-0.2, -0.15) is 0 Å². The zero-order valence-electron chi connectivity index (χ0n) is 6.44. The van der Waals surface area contributed by atoms with Gasteiger partial charge in [0.2, 0.25) is 0 Å². The maximum absolute atomic E-state index is 5.61. The fraction of sp³-hybridized carbons (Fsp3) is 0.143. The maximum Gasteiger partial charge on any atom is 0.161 e. The molecule has 2 heterocycles. The first-order chi connectivity index (χ1) is 5.83. The number of fused-ring (bicyclic) bond motifs is 1. The van der Waals surface area contributed by atoms with Gasteiger partial charge in [-0.05, 0) is 6.07 Å². The van der Waals surface area contributed by atoms with Crippen molar-refractivity contribution in [3.05, 3.63) is 24.0 Å². The first kappa shape index (κ1) is 7.05. The van der Waals surface area contributed by atoms with Crippen molar-refractivity contribution in [2.75, 3.05) is 5.73 Å². The van der Waals surface area contributed by atoms with E-state index in [1.807, 2.05) is 0 Å². The van der Waals surface area contributed by atoms with E-state index in [4.69, 9.17) is 11.5 Å². The summed E-state index contributed by atoms with van der Waals surface area (Å²) in [4.78, 5) is 4.11. The Bertz CT molecular complexity index is 405. The second kappa shape index (κ2) is 2.46. The van der Waals surface area contributed by atoms with Crippen LogP contribution in [0.3, 0.4) is 0 Å². The van der Waals surface area contributed by atoms with E-state index in [-0.39, 0.29) is 0 Å². The highest BCUT2D eigenvalue weighted by atomic mass is 15.3. The molecule has 0 unspecified atom stereocenters. The number of aromatic nitrogens is 3. The molecule has 0 aliphatic rings. The molecule has 2 rings (SSSR count). The molecule has 5 nitrogen and oxygen atoms in total. The average molecular weight is 163 g/mol. The SMILES string of the molecule is NCc1c(N)nn2cccnc12. The molecular formula is C7H9N5. The zero-order chi connectivity index (χ0) is 8.55. The van der Waals surface area contributed by atoms with E-state index < -0.39 is 0 Å². The number of rotatable bonds is 1. The van der Waals surface area contributed by atoms with Crippen LogP contribution in [0.4, 0.5) is 5.82 Å². The van der Waals surface area contributed by atoms with Gasteiger partial charge in [0, 0.05) is 18.9 Å². The van der Waals surface area contributed by atoms with Gasteiger partial charge in [-0.1, -0.05) is 0 Å². The third-order valence-electron chi connectivity index (χ3n) is 1.73. The Morgan fingerprint density at radius 1 is 1.50 bits per heavy atom. The van der Waals surface area contributed by atoms with Gasteiger partial charge < -0.3 is 11.5 Å². The van der Waals surface area contributed by atoms with E-state index in [1.54, 1.807) is 23.0 Å². The molecule has 0 atom stereocenters. The van der Waals surface area contributed by atoms with Gasteiger partial charge >= 0.3 is 0 Å². The molecule has 2 aromatic rings. The highest BCUT2D eigenvalue weighted by molar-refractivity contribution is 5.58. The van der Waals surface area contributed by atoms with E-state index in [0.717, 1.165) is 11.2 Å². The Kier molecular flexibility index (Phi) is 1.44. The van der Waals surface area contributed by atoms with E-state index in [2.05, 4.69) is 10.1 Å². The van der Waals surface area contributed by atoms with Crippen molar-refractivity contribution < 1.29 is 0 Å². The average Bonchev–Trinajstić information content (AvgIpc) is 2.40. The summed E-state index contributed by atoms with van der Waals surface area (Å²) in [5, 5.41) is 4.04. The topological polar surface area (TPSA) is 82.2 Å². The fourth-order valence-electron chi connectivity index (χ4n) is 1.15. The van der Waals surface area contributed by atoms with E-state index in [1.165, 1.54) is 0 Å². The minimum Gasteiger partial charge on any atom is -0.382 e. The van der Waals surface area contributed by atoms with Crippen LogP contribution in [0.25, 0.3) is 5.65 Å². The summed E-state index contributed by atoms with van der Waals surface area (Å²) in [7, 11) is 0. The Labute approximate surface area is 69.0 Å². The molecule has 0 aromatic carbocycles. The van der Waals surface area contributed by atoms with Gasteiger partial charge in [-0.25, -0.2) is 9.50 Å². The molecule has 0 saturated carbocycles. The monoisotopic (exact) mass is 163 g/mol. The Hall–Kier alpha value is -1.62. The van der Waals surface area contributed by atoms with Crippen LogP contribution >= 0.6 is 0 Å². The highest BCUT2D eigenvalue weighted by Gasteiger charge is 2.07. The van der Waals surface area contributed by atoms with Crippen LogP contribution in [0.15, 0.2) is 18.5 Å². The van der Waals surface area contributed by atoms with Crippen molar-refractivity contribution in [1.29, 1.82) is 0 Å². The molecule has 5 heteroatoms. The van der Waals surface area contributed by atoms with E-state index >= 15 is 0 Å². The molecule has 4 N–H and O–H groups in total. The molecule has 0 radical (unpaired) electrons. The number of nitrogen functional groups attached to an aromatic ring is 1. The lowest BCUT2D eigenvalue weighted by Gasteiger charge is -1.91. The highest BCUT2D eigenvalue weighted by Crippen LogP contribution is 2.13. The largest absolute Gasteiger partial charge is 0.382 e. The number of nitrogens with zero attached hydrogens (tertiary/aromatic N) is 3. The molecule has 2 aromatic heterocycles. The first-order valence-electron chi connectivity index (χ1n) is 3.60. The summed E-state index contributed by atoms with van der Waals surface area (Å²) in [6, 6.07) is 1.79. The van der Waals surface area contributed by atoms with Crippen molar-refractivity contribution in [2.24, 2.45) is 5.73 Å². The van der Waals surface area contributed by atoms with Gasteiger partial charge in [0.05, 0.1) is 5.56 Å². The van der Waals surface area contributed by atoms with Crippen LogP contribution in [0.5, 0.6) is 0 Å². The molecule has 0 spiro atoms. The molecule has 0 bridgehead atoms. The Morgan fingerprint density at radius 2 is 2.33 bits per heavy atom. The number of hydrogen-bond acceptors (Lipinski definition) is 4. The van der Waals surface area contributed by atoms with Crippen LogP contribution < -0.4 is 11.5 Å². The van der Waals surface area contributed by atoms with Crippen molar-refractivity contribution in [2.45, 2.75) is 6.54 Å².